The minimum atomic E-state index is -0.134. The van der Waals surface area contributed by atoms with Gasteiger partial charge >= 0.3 is 0 Å². The molecule has 0 bridgehead atoms. The molecule has 0 aliphatic heterocycles. The highest BCUT2D eigenvalue weighted by Gasteiger charge is 2.08. The Morgan fingerprint density at radius 1 is 1.00 bits per heavy atom. The topological polar surface area (TPSA) is 63.2 Å². The number of carbonyl (C=O) groups is 1. The molecule has 0 unspecified atom stereocenters. The third-order valence-corrected chi connectivity index (χ3v) is 3.81. The number of benzene rings is 2. The second-order valence-electron chi connectivity index (χ2n) is 6.51. The van der Waals surface area contributed by atoms with Gasteiger partial charge in [0.15, 0.2) is 0 Å². The highest BCUT2D eigenvalue weighted by Crippen LogP contribution is 2.21. The fourth-order valence-corrected chi connectivity index (χ4v) is 2.52. The zero-order valence-corrected chi connectivity index (χ0v) is 15.5. The summed E-state index contributed by atoms with van der Waals surface area (Å²) in [6, 6.07) is 19.6. The molecule has 0 saturated heterocycles. The van der Waals surface area contributed by atoms with E-state index in [-0.39, 0.29) is 11.9 Å². The molecule has 2 N–H and O–H groups in total. The molecule has 1 amide bonds. The number of ether oxygens (including phenoxy) is 1. The third-order valence-electron chi connectivity index (χ3n) is 3.81. The Labute approximate surface area is 159 Å². The van der Waals surface area contributed by atoms with E-state index in [2.05, 4.69) is 15.6 Å². The lowest BCUT2D eigenvalue weighted by atomic mass is 10.2. The van der Waals surface area contributed by atoms with Crippen molar-refractivity contribution in [2.24, 2.45) is 0 Å². The van der Waals surface area contributed by atoms with Crippen molar-refractivity contribution < 1.29 is 9.53 Å². The van der Waals surface area contributed by atoms with E-state index in [1.165, 1.54) is 0 Å². The van der Waals surface area contributed by atoms with Gasteiger partial charge in [0.1, 0.15) is 12.4 Å². The first-order chi connectivity index (χ1) is 13.1. The van der Waals surface area contributed by atoms with Crippen molar-refractivity contribution in [3.63, 3.8) is 0 Å². The summed E-state index contributed by atoms with van der Waals surface area (Å²) < 4.78 is 5.79. The van der Waals surface area contributed by atoms with Gasteiger partial charge in [-0.3, -0.25) is 9.78 Å². The van der Waals surface area contributed by atoms with Gasteiger partial charge < -0.3 is 15.4 Å². The maximum absolute atomic E-state index is 12.1. The van der Waals surface area contributed by atoms with Gasteiger partial charge in [-0.15, -0.1) is 0 Å². The van der Waals surface area contributed by atoms with Crippen LogP contribution in [-0.2, 0) is 6.61 Å². The first kappa shape index (κ1) is 18.5. The van der Waals surface area contributed by atoms with E-state index < -0.39 is 0 Å². The number of amides is 1. The Balaban J connectivity index is 1.60. The van der Waals surface area contributed by atoms with Crippen LogP contribution in [0.2, 0.25) is 0 Å². The summed E-state index contributed by atoms with van der Waals surface area (Å²) >= 11 is 0. The average molecular weight is 361 g/mol. The largest absolute Gasteiger partial charge is 0.489 e. The highest BCUT2D eigenvalue weighted by molar-refractivity contribution is 5.95. The Morgan fingerprint density at radius 3 is 2.44 bits per heavy atom. The van der Waals surface area contributed by atoms with E-state index in [1.807, 2.05) is 68.4 Å². The van der Waals surface area contributed by atoms with Crippen LogP contribution in [0, 0.1) is 0 Å². The molecular weight excluding hydrogens is 338 g/mol. The summed E-state index contributed by atoms with van der Waals surface area (Å²) in [6.07, 6.45) is 3.25. The first-order valence-electron chi connectivity index (χ1n) is 8.90. The fourth-order valence-electron chi connectivity index (χ4n) is 2.52. The lowest BCUT2D eigenvalue weighted by Gasteiger charge is -2.11. The summed E-state index contributed by atoms with van der Waals surface area (Å²) in [6.45, 7) is 4.38. The molecule has 3 rings (SSSR count). The van der Waals surface area contributed by atoms with E-state index >= 15 is 0 Å². The van der Waals surface area contributed by atoms with Crippen LogP contribution in [0.1, 0.15) is 29.8 Å². The van der Waals surface area contributed by atoms with Gasteiger partial charge in [-0.1, -0.05) is 30.3 Å². The number of anilines is 2. The molecule has 1 heterocycles. The van der Waals surface area contributed by atoms with Gasteiger partial charge in [0.2, 0.25) is 0 Å². The van der Waals surface area contributed by atoms with Gasteiger partial charge in [0.05, 0.1) is 17.4 Å². The molecule has 0 fully saturated rings. The van der Waals surface area contributed by atoms with Crippen molar-refractivity contribution in [1.29, 1.82) is 0 Å². The number of nitrogens with one attached hydrogen (secondary N) is 2. The lowest BCUT2D eigenvalue weighted by molar-refractivity contribution is 0.0943. The van der Waals surface area contributed by atoms with Crippen LogP contribution in [0.25, 0.3) is 0 Å². The maximum atomic E-state index is 12.1. The maximum Gasteiger partial charge on any atom is 0.253 e. The molecule has 27 heavy (non-hydrogen) atoms. The molecule has 2 aromatic carbocycles. The molecule has 0 aliphatic carbocycles. The van der Waals surface area contributed by atoms with Crippen molar-refractivity contribution in [2.75, 3.05) is 5.32 Å². The van der Waals surface area contributed by atoms with Crippen molar-refractivity contribution in [3.8, 4) is 5.75 Å². The Bertz CT molecular complexity index is 878. The van der Waals surface area contributed by atoms with Crippen LogP contribution in [0.4, 0.5) is 11.4 Å². The van der Waals surface area contributed by atoms with Crippen molar-refractivity contribution >= 4 is 17.3 Å². The van der Waals surface area contributed by atoms with E-state index in [4.69, 9.17) is 4.74 Å². The van der Waals surface area contributed by atoms with E-state index in [1.54, 1.807) is 18.5 Å². The normalized spacial score (nSPS) is 10.5. The Hall–Kier alpha value is -3.34. The molecule has 0 atom stereocenters. The molecule has 138 valence electrons. The van der Waals surface area contributed by atoms with Crippen LogP contribution in [0.3, 0.4) is 0 Å². The van der Waals surface area contributed by atoms with Crippen molar-refractivity contribution in [3.05, 3.63) is 84.2 Å². The van der Waals surface area contributed by atoms with Crippen molar-refractivity contribution in [2.45, 2.75) is 26.5 Å². The van der Waals surface area contributed by atoms with Gasteiger partial charge in [0, 0.05) is 17.9 Å². The number of aromatic nitrogens is 1. The summed E-state index contributed by atoms with van der Waals surface area (Å²) in [5.41, 5.74) is 3.30. The van der Waals surface area contributed by atoms with Crippen molar-refractivity contribution in [1.82, 2.24) is 10.3 Å². The fraction of sp³-hybridized carbons (Fsp3) is 0.182. The number of nitrogens with zero attached hydrogens (tertiary/aromatic N) is 1. The zero-order valence-electron chi connectivity index (χ0n) is 15.5. The predicted octanol–water partition coefficient (Wildman–Crippen LogP) is 4.54. The third kappa shape index (κ3) is 5.57. The highest BCUT2D eigenvalue weighted by atomic mass is 16.5. The number of carbonyl (C=O) groups excluding carboxylic acids is 1. The van der Waals surface area contributed by atoms with E-state index in [9.17, 15) is 4.79 Å². The van der Waals surface area contributed by atoms with Crippen LogP contribution in [0.5, 0.6) is 5.75 Å². The molecule has 5 heteroatoms. The molecule has 0 aliphatic rings. The minimum Gasteiger partial charge on any atom is -0.489 e. The second-order valence-corrected chi connectivity index (χ2v) is 6.51. The number of hydrogen-bond donors (Lipinski definition) is 2. The van der Waals surface area contributed by atoms with Crippen LogP contribution in [0.15, 0.2) is 73.1 Å². The summed E-state index contributed by atoms with van der Waals surface area (Å²) in [5.74, 6) is 0.665. The predicted molar refractivity (Wildman–Crippen MR) is 107 cm³/mol. The van der Waals surface area contributed by atoms with Gasteiger partial charge in [0.25, 0.3) is 5.91 Å². The van der Waals surface area contributed by atoms with Crippen LogP contribution < -0.4 is 15.4 Å². The Morgan fingerprint density at radius 2 is 1.74 bits per heavy atom. The van der Waals surface area contributed by atoms with Gasteiger partial charge in [-0.2, -0.15) is 0 Å². The second kappa shape index (κ2) is 8.85. The molecule has 3 aromatic rings. The minimum absolute atomic E-state index is 0.0811. The number of rotatable bonds is 7. The standard InChI is InChI=1S/C22H23N3O2/c1-16(2)24-22(26)18-12-20(14-23-13-18)25-19-8-10-21(11-9-19)27-15-17-6-4-3-5-7-17/h3-14,16,25H,15H2,1-2H3,(H,24,26). The smallest absolute Gasteiger partial charge is 0.253 e. The monoisotopic (exact) mass is 361 g/mol. The van der Waals surface area contributed by atoms with Crippen LogP contribution >= 0.6 is 0 Å². The number of pyridine rings is 1. The molecule has 0 radical (unpaired) electrons. The van der Waals surface area contributed by atoms with Gasteiger partial charge in [-0.25, -0.2) is 0 Å². The molecule has 0 saturated carbocycles. The van der Waals surface area contributed by atoms with E-state index in [0.29, 0.717) is 12.2 Å². The van der Waals surface area contributed by atoms with E-state index in [0.717, 1.165) is 22.7 Å². The molecular formula is C22H23N3O2. The van der Waals surface area contributed by atoms with Gasteiger partial charge in [-0.05, 0) is 49.7 Å². The molecule has 5 nitrogen and oxygen atoms in total. The summed E-state index contributed by atoms with van der Waals surface area (Å²) in [5, 5.41) is 6.12. The summed E-state index contributed by atoms with van der Waals surface area (Å²) in [4.78, 5) is 16.2. The quantitative estimate of drug-likeness (QED) is 0.648. The zero-order chi connectivity index (χ0) is 19.1. The average Bonchev–Trinajstić information content (AvgIpc) is 2.68. The molecule has 0 spiro atoms. The lowest BCUT2D eigenvalue weighted by Crippen LogP contribution is -2.30. The van der Waals surface area contributed by atoms with Crippen LogP contribution in [-0.4, -0.2) is 16.9 Å². The number of hydrogen-bond acceptors (Lipinski definition) is 4. The first-order valence-corrected chi connectivity index (χ1v) is 8.90. The Kier molecular flexibility index (Phi) is 6.05. The SMILES string of the molecule is CC(C)NC(=O)c1cncc(Nc2ccc(OCc3ccccc3)cc2)c1. The molecule has 1 aromatic heterocycles. The summed E-state index contributed by atoms with van der Waals surface area (Å²) in [7, 11) is 0.